The number of carbonyl (C=O) groups excluding carboxylic acids is 1. The summed E-state index contributed by atoms with van der Waals surface area (Å²) in [5.41, 5.74) is 4.53. The number of anilines is 1. The van der Waals surface area contributed by atoms with Gasteiger partial charge in [0.05, 0.1) is 0 Å². The topological polar surface area (TPSA) is 38.3 Å². The van der Waals surface area contributed by atoms with E-state index in [2.05, 4.69) is 44.3 Å². The second-order valence-corrected chi connectivity index (χ2v) is 6.16. The van der Waals surface area contributed by atoms with Crippen LogP contribution in [0.1, 0.15) is 50.8 Å². The largest absolute Gasteiger partial charge is 0.481 e. The summed E-state index contributed by atoms with van der Waals surface area (Å²) in [6.07, 6.45) is 2.89. The van der Waals surface area contributed by atoms with Gasteiger partial charge in [0.2, 0.25) is 0 Å². The number of para-hydroxylation sites is 1. The molecule has 2 aromatic rings. The molecule has 2 rings (SSSR count). The average molecular weight is 339 g/mol. The Balaban J connectivity index is 2.14. The number of aryl methyl sites for hydroxylation is 3. The van der Waals surface area contributed by atoms with Gasteiger partial charge in [-0.2, -0.15) is 0 Å². The fourth-order valence-electron chi connectivity index (χ4n) is 2.90. The Morgan fingerprint density at radius 1 is 0.920 bits per heavy atom. The van der Waals surface area contributed by atoms with Crippen molar-refractivity contribution in [3.8, 4) is 5.75 Å². The van der Waals surface area contributed by atoms with Crippen LogP contribution in [0.5, 0.6) is 5.75 Å². The molecule has 3 heteroatoms. The van der Waals surface area contributed by atoms with E-state index in [1.807, 2.05) is 31.2 Å². The molecule has 0 bridgehead atoms. The summed E-state index contributed by atoms with van der Waals surface area (Å²) >= 11 is 0. The maximum absolute atomic E-state index is 12.8. The van der Waals surface area contributed by atoms with Gasteiger partial charge in [-0.15, -0.1) is 0 Å². The highest BCUT2D eigenvalue weighted by Gasteiger charge is 2.20. The van der Waals surface area contributed by atoms with Gasteiger partial charge >= 0.3 is 0 Å². The molecule has 1 atom stereocenters. The molecule has 0 saturated carbocycles. The molecule has 1 N–H and O–H groups in total. The lowest BCUT2D eigenvalue weighted by Crippen LogP contribution is -2.33. The third-order valence-electron chi connectivity index (χ3n) is 4.52. The summed E-state index contributed by atoms with van der Waals surface area (Å²) < 4.78 is 5.93. The van der Waals surface area contributed by atoms with Crippen LogP contribution in [0.3, 0.4) is 0 Å². The van der Waals surface area contributed by atoms with E-state index in [9.17, 15) is 4.79 Å². The molecular weight excluding hydrogens is 310 g/mol. The first-order valence-corrected chi connectivity index (χ1v) is 9.30. The molecule has 1 unspecified atom stereocenters. The Morgan fingerprint density at radius 3 is 2.00 bits per heavy atom. The third kappa shape index (κ3) is 4.85. The molecule has 3 nitrogen and oxygen atoms in total. The van der Waals surface area contributed by atoms with Gasteiger partial charge in [-0.05, 0) is 54.5 Å². The predicted molar refractivity (Wildman–Crippen MR) is 104 cm³/mol. The summed E-state index contributed by atoms with van der Waals surface area (Å²) in [5, 5.41) is 3.11. The van der Waals surface area contributed by atoms with Crippen LogP contribution < -0.4 is 10.1 Å². The molecule has 0 aromatic heterocycles. The van der Waals surface area contributed by atoms with Gasteiger partial charge in [-0.25, -0.2) is 0 Å². The number of hydrogen-bond acceptors (Lipinski definition) is 2. The van der Waals surface area contributed by atoms with Crippen molar-refractivity contribution in [1.29, 1.82) is 0 Å². The summed E-state index contributed by atoms with van der Waals surface area (Å²) in [4.78, 5) is 12.8. The number of carbonyl (C=O) groups is 1. The Morgan fingerprint density at radius 2 is 1.52 bits per heavy atom. The average Bonchev–Trinajstić information content (AvgIpc) is 2.66. The van der Waals surface area contributed by atoms with Crippen LogP contribution in [0, 0.1) is 0 Å². The van der Waals surface area contributed by atoms with E-state index in [0.717, 1.165) is 41.8 Å². The Kier molecular flexibility index (Phi) is 7.05. The second kappa shape index (κ2) is 9.26. The van der Waals surface area contributed by atoms with Crippen LogP contribution in [-0.4, -0.2) is 12.0 Å². The summed E-state index contributed by atoms with van der Waals surface area (Å²) in [5.74, 6) is 0.649. The minimum Gasteiger partial charge on any atom is -0.481 e. The smallest absolute Gasteiger partial charge is 0.265 e. The van der Waals surface area contributed by atoms with Gasteiger partial charge in [0.25, 0.3) is 5.91 Å². The second-order valence-electron chi connectivity index (χ2n) is 6.16. The quantitative estimate of drug-likeness (QED) is 0.720. The highest BCUT2D eigenvalue weighted by molar-refractivity contribution is 5.95. The van der Waals surface area contributed by atoms with Gasteiger partial charge in [-0.3, -0.25) is 4.79 Å². The molecule has 0 aliphatic carbocycles. The van der Waals surface area contributed by atoms with Crippen molar-refractivity contribution in [1.82, 2.24) is 0 Å². The van der Waals surface area contributed by atoms with E-state index >= 15 is 0 Å². The molecule has 0 aliphatic heterocycles. The third-order valence-corrected chi connectivity index (χ3v) is 4.52. The fraction of sp³-hybridized carbons (Fsp3) is 0.409. The van der Waals surface area contributed by atoms with E-state index in [0.29, 0.717) is 6.42 Å². The summed E-state index contributed by atoms with van der Waals surface area (Å²) in [6, 6.07) is 14.2. The standard InChI is InChI=1S/C22H29NO2/c1-5-16-12-14-19(15-13-16)25-20(8-4)22(24)23-21-17(6-2)10-9-11-18(21)7-3/h9-15,20H,5-8H2,1-4H3,(H,23,24). The monoisotopic (exact) mass is 339 g/mol. The fourth-order valence-corrected chi connectivity index (χ4v) is 2.90. The first-order valence-electron chi connectivity index (χ1n) is 9.30. The first kappa shape index (κ1) is 19.0. The molecule has 1 amide bonds. The SMILES string of the molecule is CCc1ccc(OC(CC)C(=O)Nc2c(CC)cccc2CC)cc1. The van der Waals surface area contributed by atoms with Crippen molar-refractivity contribution < 1.29 is 9.53 Å². The van der Waals surface area contributed by atoms with Crippen molar-refractivity contribution in [2.24, 2.45) is 0 Å². The molecule has 0 radical (unpaired) electrons. The van der Waals surface area contributed by atoms with Crippen molar-refractivity contribution >= 4 is 11.6 Å². The Bertz CT molecular complexity index is 669. The summed E-state index contributed by atoms with van der Waals surface area (Å²) in [7, 11) is 0. The van der Waals surface area contributed by atoms with E-state index in [-0.39, 0.29) is 5.91 Å². The number of ether oxygens (including phenoxy) is 1. The molecule has 0 aliphatic rings. The van der Waals surface area contributed by atoms with Crippen LogP contribution in [0.2, 0.25) is 0 Å². The molecule has 0 fully saturated rings. The van der Waals surface area contributed by atoms with Crippen molar-refractivity contribution in [3.63, 3.8) is 0 Å². The van der Waals surface area contributed by atoms with E-state index in [4.69, 9.17) is 4.74 Å². The zero-order chi connectivity index (χ0) is 18.2. The highest BCUT2D eigenvalue weighted by Crippen LogP contribution is 2.24. The maximum Gasteiger partial charge on any atom is 0.265 e. The molecule has 0 heterocycles. The summed E-state index contributed by atoms with van der Waals surface area (Å²) in [6.45, 7) is 8.30. The van der Waals surface area contributed by atoms with Crippen LogP contribution in [-0.2, 0) is 24.1 Å². The van der Waals surface area contributed by atoms with Gasteiger partial charge in [0.15, 0.2) is 6.10 Å². The van der Waals surface area contributed by atoms with Crippen LogP contribution in [0.15, 0.2) is 42.5 Å². The maximum atomic E-state index is 12.8. The molecule has 2 aromatic carbocycles. The van der Waals surface area contributed by atoms with Crippen LogP contribution >= 0.6 is 0 Å². The molecule has 25 heavy (non-hydrogen) atoms. The molecular formula is C22H29NO2. The van der Waals surface area contributed by atoms with Gasteiger partial charge in [0, 0.05) is 5.69 Å². The lowest BCUT2D eigenvalue weighted by Gasteiger charge is -2.20. The van der Waals surface area contributed by atoms with Crippen molar-refractivity contribution in [2.75, 3.05) is 5.32 Å². The number of hydrogen-bond donors (Lipinski definition) is 1. The Labute approximate surface area is 151 Å². The lowest BCUT2D eigenvalue weighted by atomic mass is 10.0. The predicted octanol–water partition coefficient (Wildman–Crippen LogP) is 5.17. The number of nitrogens with one attached hydrogen (secondary N) is 1. The number of rotatable bonds is 8. The zero-order valence-electron chi connectivity index (χ0n) is 15.8. The van der Waals surface area contributed by atoms with Crippen LogP contribution in [0.4, 0.5) is 5.69 Å². The van der Waals surface area contributed by atoms with Gasteiger partial charge in [-0.1, -0.05) is 58.0 Å². The molecule has 0 saturated heterocycles. The van der Waals surface area contributed by atoms with E-state index in [1.165, 1.54) is 5.56 Å². The number of amides is 1. The number of benzene rings is 2. The minimum atomic E-state index is -0.498. The van der Waals surface area contributed by atoms with Gasteiger partial charge in [0.1, 0.15) is 5.75 Å². The lowest BCUT2D eigenvalue weighted by molar-refractivity contribution is -0.122. The normalized spacial score (nSPS) is 11.8. The molecule has 0 spiro atoms. The van der Waals surface area contributed by atoms with Gasteiger partial charge < -0.3 is 10.1 Å². The zero-order valence-corrected chi connectivity index (χ0v) is 15.8. The first-order chi connectivity index (χ1) is 12.1. The van der Waals surface area contributed by atoms with E-state index < -0.39 is 6.10 Å². The van der Waals surface area contributed by atoms with Crippen molar-refractivity contribution in [2.45, 2.75) is 59.5 Å². The van der Waals surface area contributed by atoms with Crippen LogP contribution in [0.25, 0.3) is 0 Å². The minimum absolute atomic E-state index is 0.0855. The van der Waals surface area contributed by atoms with Crippen molar-refractivity contribution in [3.05, 3.63) is 59.2 Å². The highest BCUT2D eigenvalue weighted by atomic mass is 16.5. The van der Waals surface area contributed by atoms with E-state index in [1.54, 1.807) is 0 Å². The Hall–Kier alpha value is -2.29. The molecule has 134 valence electrons.